The van der Waals surface area contributed by atoms with Gasteiger partial charge in [0.15, 0.2) is 6.61 Å². The molecule has 0 aromatic heterocycles. The zero-order valence-corrected chi connectivity index (χ0v) is 17.4. The van der Waals surface area contributed by atoms with Crippen molar-refractivity contribution in [1.29, 1.82) is 0 Å². The molecule has 4 rings (SSSR count). The smallest absolute Gasteiger partial charge is 0.306 e. The quantitative estimate of drug-likeness (QED) is 0.601. The molecule has 2 aliphatic rings. The van der Waals surface area contributed by atoms with Gasteiger partial charge in [-0.3, -0.25) is 14.5 Å². The van der Waals surface area contributed by atoms with Crippen LogP contribution in [0.1, 0.15) is 50.1 Å². The predicted molar refractivity (Wildman–Crippen MR) is 116 cm³/mol. The van der Waals surface area contributed by atoms with Crippen LogP contribution in [0, 0.1) is 5.92 Å². The summed E-state index contributed by atoms with van der Waals surface area (Å²) < 4.78 is 5.38. The average molecular weight is 410 g/mol. The summed E-state index contributed by atoms with van der Waals surface area (Å²) in [7, 11) is 0. The lowest BCUT2D eigenvalue weighted by Gasteiger charge is -2.37. The molecule has 152 valence electrons. The van der Waals surface area contributed by atoms with Crippen molar-refractivity contribution in [2.75, 3.05) is 17.3 Å². The minimum atomic E-state index is -0.263. The van der Waals surface area contributed by atoms with Crippen LogP contribution in [-0.2, 0) is 14.3 Å². The number of thioether (sulfide) groups is 1. The first-order valence-electron chi connectivity index (χ1n) is 10.5. The Kier molecular flexibility index (Phi) is 6.55. The van der Waals surface area contributed by atoms with E-state index in [1.165, 1.54) is 25.7 Å². The van der Waals surface area contributed by atoms with Crippen LogP contribution >= 0.6 is 11.8 Å². The van der Waals surface area contributed by atoms with E-state index < -0.39 is 0 Å². The van der Waals surface area contributed by atoms with E-state index in [0.29, 0.717) is 12.3 Å². The molecule has 0 unspecified atom stereocenters. The van der Waals surface area contributed by atoms with Gasteiger partial charge in [0.05, 0.1) is 11.7 Å². The molecule has 2 aromatic carbocycles. The maximum atomic E-state index is 13.1. The van der Waals surface area contributed by atoms with Gasteiger partial charge in [-0.25, -0.2) is 0 Å². The summed E-state index contributed by atoms with van der Waals surface area (Å²) in [4.78, 5) is 28.2. The van der Waals surface area contributed by atoms with Crippen molar-refractivity contribution >= 4 is 29.3 Å². The number of hydrogen-bond donors (Lipinski definition) is 0. The van der Waals surface area contributed by atoms with Crippen molar-refractivity contribution in [2.24, 2.45) is 5.92 Å². The SMILES string of the molecule is O=C(CCC1CCCC1)OCC(=O)N1c2ccccc2SC[C@@H]1c1ccccc1. The van der Waals surface area contributed by atoms with Crippen molar-refractivity contribution in [2.45, 2.75) is 49.5 Å². The van der Waals surface area contributed by atoms with Gasteiger partial charge in [0.1, 0.15) is 0 Å². The summed E-state index contributed by atoms with van der Waals surface area (Å²) in [6.45, 7) is -0.203. The number of benzene rings is 2. The Bertz CT molecular complexity index is 848. The number of para-hydroxylation sites is 1. The monoisotopic (exact) mass is 409 g/mol. The molecular formula is C24H27NO3S. The summed E-state index contributed by atoms with van der Waals surface area (Å²) in [6.07, 6.45) is 6.26. The van der Waals surface area contributed by atoms with Crippen LogP contribution in [0.4, 0.5) is 5.69 Å². The van der Waals surface area contributed by atoms with Crippen molar-refractivity contribution in [3.8, 4) is 0 Å². The van der Waals surface area contributed by atoms with Gasteiger partial charge in [0, 0.05) is 17.1 Å². The Morgan fingerprint density at radius 3 is 2.52 bits per heavy atom. The fourth-order valence-corrected chi connectivity index (χ4v) is 5.49. The predicted octanol–water partition coefficient (Wildman–Crippen LogP) is 5.38. The number of ether oxygens (including phenoxy) is 1. The number of anilines is 1. The highest BCUT2D eigenvalue weighted by Gasteiger charge is 2.32. The molecule has 0 radical (unpaired) electrons. The lowest BCUT2D eigenvalue weighted by atomic mass is 10.0. The fraction of sp³-hybridized carbons (Fsp3) is 0.417. The van der Waals surface area contributed by atoms with Gasteiger partial charge in [-0.15, -0.1) is 11.8 Å². The maximum Gasteiger partial charge on any atom is 0.306 e. The number of esters is 1. The average Bonchev–Trinajstić information content (AvgIpc) is 3.29. The van der Waals surface area contributed by atoms with Crippen molar-refractivity contribution in [3.05, 3.63) is 60.2 Å². The summed E-state index contributed by atoms with van der Waals surface area (Å²) in [5, 5.41) is 0. The van der Waals surface area contributed by atoms with E-state index in [-0.39, 0.29) is 24.5 Å². The van der Waals surface area contributed by atoms with Gasteiger partial charge >= 0.3 is 5.97 Å². The molecule has 1 aliphatic heterocycles. The lowest BCUT2D eigenvalue weighted by Crippen LogP contribution is -2.41. The molecule has 0 N–H and O–H groups in total. The second-order valence-corrected chi connectivity index (χ2v) is 8.88. The Hall–Kier alpha value is -2.27. The van der Waals surface area contributed by atoms with Crippen LogP contribution in [0.2, 0.25) is 0 Å². The number of hydrogen-bond acceptors (Lipinski definition) is 4. The van der Waals surface area contributed by atoms with Gasteiger partial charge < -0.3 is 4.74 Å². The molecular weight excluding hydrogens is 382 g/mol. The molecule has 1 saturated carbocycles. The van der Waals surface area contributed by atoms with Crippen molar-refractivity contribution < 1.29 is 14.3 Å². The van der Waals surface area contributed by atoms with Crippen molar-refractivity contribution in [1.82, 2.24) is 0 Å². The first-order chi connectivity index (χ1) is 14.2. The molecule has 0 saturated heterocycles. The molecule has 1 atom stereocenters. The van der Waals surface area contributed by atoms with Crippen LogP contribution in [0.5, 0.6) is 0 Å². The van der Waals surface area contributed by atoms with Crippen LogP contribution in [-0.4, -0.2) is 24.2 Å². The molecule has 1 amide bonds. The Morgan fingerprint density at radius 2 is 1.72 bits per heavy atom. The van der Waals surface area contributed by atoms with Gasteiger partial charge in [-0.1, -0.05) is 68.1 Å². The number of amides is 1. The molecule has 0 spiro atoms. The summed E-state index contributed by atoms with van der Waals surface area (Å²) in [5.74, 6) is 0.997. The molecule has 1 aliphatic carbocycles. The lowest BCUT2D eigenvalue weighted by molar-refractivity contribution is -0.148. The standard InChI is InChI=1S/C24H27NO3S/c26-23(16-28-24(27)15-14-18-8-4-5-9-18)25-20-12-6-7-13-22(20)29-17-21(25)19-10-2-1-3-11-19/h1-3,6-7,10-13,18,21H,4-5,8-9,14-17H2/t21-/m1/s1. The number of carbonyl (C=O) groups excluding carboxylic acids is 2. The molecule has 2 aromatic rings. The number of rotatable bonds is 6. The largest absolute Gasteiger partial charge is 0.456 e. The summed E-state index contributed by atoms with van der Waals surface area (Å²) in [6, 6.07) is 17.9. The van der Waals surface area contributed by atoms with E-state index in [4.69, 9.17) is 4.74 Å². The summed E-state index contributed by atoms with van der Waals surface area (Å²) in [5.41, 5.74) is 1.99. The molecule has 4 nitrogen and oxygen atoms in total. The normalized spacial score (nSPS) is 19.0. The molecule has 1 heterocycles. The topological polar surface area (TPSA) is 46.6 Å². The Morgan fingerprint density at radius 1 is 1.00 bits per heavy atom. The van der Waals surface area contributed by atoms with E-state index in [9.17, 15) is 9.59 Å². The number of nitrogens with zero attached hydrogens (tertiary/aromatic N) is 1. The second kappa shape index (κ2) is 9.49. The van der Waals surface area contributed by atoms with Gasteiger partial charge in [-0.05, 0) is 30.0 Å². The first-order valence-corrected chi connectivity index (χ1v) is 11.5. The molecule has 1 fully saturated rings. The molecule has 0 bridgehead atoms. The van der Waals surface area contributed by atoms with Gasteiger partial charge in [-0.2, -0.15) is 0 Å². The van der Waals surface area contributed by atoms with Crippen LogP contribution in [0.25, 0.3) is 0 Å². The highest BCUT2D eigenvalue weighted by Crippen LogP contribution is 2.43. The minimum Gasteiger partial charge on any atom is -0.456 e. The zero-order chi connectivity index (χ0) is 20.1. The van der Waals surface area contributed by atoms with E-state index >= 15 is 0 Å². The molecule has 5 heteroatoms. The number of carbonyl (C=O) groups is 2. The third-order valence-corrected chi connectivity index (χ3v) is 7.01. The van der Waals surface area contributed by atoms with E-state index in [1.54, 1.807) is 11.8 Å². The zero-order valence-electron chi connectivity index (χ0n) is 16.6. The van der Waals surface area contributed by atoms with Crippen LogP contribution < -0.4 is 4.90 Å². The summed E-state index contributed by atoms with van der Waals surface area (Å²) >= 11 is 1.76. The van der Waals surface area contributed by atoms with Gasteiger partial charge in [0.25, 0.3) is 5.91 Å². The highest BCUT2D eigenvalue weighted by molar-refractivity contribution is 7.99. The van der Waals surface area contributed by atoms with Crippen molar-refractivity contribution in [3.63, 3.8) is 0 Å². The van der Waals surface area contributed by atoms with Crippen LogP contribution in [0.3, 0.4) is 0 Å². The Labute approximate surface area is 176 Å². The van der Waals surface area contributed by atoms with E-state index in [0.717, 1.165) is 28.3 Å². The third-order valence-electron chi connectivity index (χ3n) is 5.87. The minimum absolute atomic E-state index is 0.0687. The van der Waals surface area contributed by atoms with E-state index in [1.807, 2.05) is 59.5 Å². The van der Waals surface area contributed by atoms with E-state index in [2.05, 4.69) is 0 Å². The highest BCUT2D eigenvalue weighted by atomic mass is 32.2. The maximum absolute atomic E-state index is 13.1. The third kappa shape index (κ3) is 4.84. The molecule has 29 heavy (non-hydrogen) atoms. The fourth-order valence-electron chi connectivity index (χ4n) is 4.32. The van der Waals surface area contributed by atoms with Crippen LogP contribution in [0.15, 0.2) is 59.5 Å². The second-order valence-electron chi connectivity index (χ2n) is 7.82. The first kappa shape index (κ1) is 20.0. The Balaban J connectivity index is 1.44. The number of fused-ring (bicyclic) bond motifs is 1. The van der Waals surface area contributed by atoms with Gasteiger partial charge in [0.2, 0.25) is 0 Å².